The zero-order valence-corrected chi connectivity index (χ0v) is 10.6. The smallest absolute Gasteiger partial charge is 0.203 e. The number of hydrogen-bond acceptors (Lipinski definition) is 3. The minimum atomic E-state index is 0.607. The van der Waals surface area contributed by atoms with E-state index in [0.717, 1.165) is 25.0 Å². The molecule has 2 atom stereocenters. The highest BCUT2D eigenvalue weighted by Crippen LogP contribution is 2.29. The quantitative estimate of drug-likeness (QED) is 0.864. The number of aryl methyl sites for hydroxylation is 1. The summed E-state index contributed by atoms with van der Waals surface area (Å²) in [5, 5.41) is 3.66. The van der Waals surface area contributed by atoms with Crippen LogP contribution in [0.2, 0.25) is 0 Å². The molecule has 0 radical (unpaired) electrons. The SMILES string of the molecule is CCCn1ccnc1NC1CCN2CCCC12. The Morgan fingerprint density at radius 2 is 2.35 bits per heavy atom. The van der Waals surface area contributed by atoms with Crippen LogP contribution in [0.3, 0.4) is 0 Å². The summed E-state index contributed by atoms with van der Waals surface area (Å²) in [5.74, 6) is 1.06. The van der Waals surface area contributed by atoms with Crippen LogP contribution in [-0.2, 0) is 6.54 Å². The minimum Gasteiger partial charge on any atom is -0.351 e. The summed E-state index contributed by atoms with van der Waals surface area (Å²) in [6.45, 7) is 5.82. The van der Waals surface area contributed by atoms with Crippen molar-refractivity contribution < 1.29 is 0 Å². The van der Waals surface area contributed by atoms with Crippen LogP contribution < -0.4 is 5.32 Å². The molecule has 0 amide bonds. The van der Waals surface area contributed by atoms with Gasteiger partial charge in [-0.1, -0.05) is 6.92 Å². The van der Waals surface area contributed by atoms with Crippen molar-refractivity contribution in [1.29, 1.82) is 0 Å². The van der Waals surface area contributed by atoms with Gasteiger partial charge in [0.1, 0.15) is 0 Å². The Morgan fingerprint density at radius 3 is 3.24 bits per heavy atom. The molecule has 3 heterocycles. The maximum absolute atomic E-state index is 4.45. The second-order valence-electron chi connectivity index (χ2n) is 5.23. The van der Waals surface area contributed by atoms with Gasteiger partial charge < -0.3 is 9.88 Å². The lowest BCUT2D eigenvalue weighted by Crippen LogP contribution is -2.34. The number of nitrogens with zero attached hydrogens (tertiary/aromatic N) is 3. The lowest BCUT2D eigenvalue weighted by Gasteiger charge is -2.22. The first kappa shape index (κ1) is 11.1. The van der Waals surface area contributed by atoms with Crippen molar-refractivity contribution in [3.8, 4) is 0 Å². The van der Waals surface area contributed by atoms with E-state index in [1.807, 2.05) is 6.20 Å². The standard InChI is InChI=1S/C13H22N4/c1-2-7-17-10-6-14-13(17)15-11-5-9-16-8-3-4-12(11)16/h6,10-12H,2-5,7-9H2,1H3,(H,14,15). The normalized spacial score (nSPS) is 28.5. The Bertz CT molecular complexity index is 373. The van der Waals surface area contributed by atoms with E-state index in [4.69, 9.17) is 0 Å². The van der Waals surface area contributed by atoms with Crippen molar-refractivity contribution in [2.75, 3.05) is 18.4 Å². The Labute approximate surface area is 103 Å². The molecule has 4 nitrogen and oxygen atoms in total. The molecule has 0 spiro atoms. The van der Waals surface area contributed by atoms with Gasteiger partial charge in [0.25, 0.3) is 0 Å². The first-order chi connectivity index (χ1) is 8.38. The van der Waals surface area contributed by atoms with Gasteiger partial charge in [0.2, 0.25) is 5.95 Å². The van der Waals surface area contributed by atoms with Crippen LogP contribution in [0.15, 0.2) is 12.4 Å². The van der Waals surface area contributed by atoms with Crippen molar-refractivity contribution in [3.63, 3.8) is 0 Å². The minimum absolute atomic E-state index is 0.607. The Kier molecular flexibility index (Phi) is 3.05. The summed E-state index contributed by atoms with van der Waals surface area (Å²) in [4.78, 5) is 7.08. The Hall–Kier alpha value is -1.03. The number of aromatic nitrogens is 2. The van der Waals surface area contributed by atoms with Gasteiger partial charge in [-0.15, -0.1) is 0 Å². The molecule has 1 aromatic heterocycles. The van der Waals surface area contributed by atoms with E-state index < -0.39 is 0 Å². The maximum atomic E-state index is 4.45. The first-order valence-electron chi connectivity index (χ1n) is 6.90. The summed E-state index contributed by atoms with van der Waals surface area (Å²) in [5.41, 5.74) is 0. The highest BCUT2D eigenvalue weighted by Gasteiger charge is 2.37. The van der Waals surface area contributed by atoms with Crippen LogP contribution in [0.5, 0.6) is 0 Å². The molecule has 3 rings (SSSR count). The molecule has 2 saturated heterocycles. The molecule has 4 heteroatoms. The monoisotopic (exact) mass is 234 g/mol. The predicted octanol–water partition coefficient (Wildman–Crippen LogP) is 1.94. The average molecular weight is 234 g/mol. The van der Waals surface area contributed by atoms with Crippen LogP contribution in [0, 0.1) is 0 Å². The zero-order valence-electron chi connectivity index (χ0n) is 10.6. The summed E-state index contributed by atoms with van der Waals surface area (Å²) < 4.78 is 2.23. The molecule has 17 heavy (non-hydrogen) atoms. The lowest BCUT2D eigenvalue weighted by molar-refractivity contribution is 0.318. The van der Waals surface area contributed by atoms with Crippen molar-refractivity contribution in [2.24, 2.45) is 0 Å². The van der Waals surface area contributed by atoms with Crippen molar-refractivity contribution >= 4 is 5.95 Å². The van der Waals surface area contributed by atoms with Crippen molar-refractivity contribution in [3.05, 3.63) is 12.4 Å². The molecular formula is C13H22N4. The first-order valence-corrected chi connectivity index (χ1v) is 6.90. The third kappa shape index (κ3) is 2.06. The number of imidazole rings is 1. The molecule has 0 bridgehead atoms. The fourth-order valence-corrected chi connectivity index (χ4v) is 3.29. The van der Waals surface area contributed by atoms with Gasteiger partial charge in [-0.25, -0.2) is 4.98 Å². The predicted molar refractivity (Wildman–Crippen MR) is 69.1 cm³/mol. The summed E-state index contributed by atoms with van der Waals surface area (Å²) in [6, 6.07) is 1.36. The van der Waals surface area contributed by atoms with E-state index in [9.17, 15) is 0 Å². The second-order valence-corrected chi connectivity index (χ2v) is 5.23. The van der Waals surface area contributed by atoms with Gasteiger partial charge in [0.05, 0.1) is 0 Å². The molecule has 0 aliphatic carbocycles. The number of rotatable bonds is 4. The maximum Gasteiger partial charge on any atom is 0.203 e. The van der Waals surface area contributed by atoms with Gasteiger partial charge in [0, 0.05) is 37.6 Å². The van der Waals surface area contributed by atoms with Gasteiger partial charge >= 0.3 is 0 Å². The Morgan fingerprint density at radius 1 is 1.41 bits per heavy atom. The number of fused-ring (bicyclic) bond motifs is 1. The molecule has 2 aliphatic rings. The van der Waals surface area contributed by atoms with E-state index in [1.54, 1.807) is 0 Å². The van der Waals surface area contributed by atoms with E-state index in [1.165, 1.54) is 32.4 Å². The van der Waals surface area contributed by atoms with Crippen LogP contribution in [0.25, 0.3) is 0 Å². The van der Waals surface area contributed by atoms with Crippen LogP contribution >= 0.6 is 0 Å². The molecule has 0 aromatic carbocycles. The summed E-state index contributed by atoms with van der Waals surface area (Å²) in [6.07, 6.45) is 9.12. The molecule has 2 aliphatic heterocycles. The molecule has 2 fully saturated rings. The van der Waals surface area contributed by atoms with E-state index in [0.29, 0.717) is 6.04 Å². The molecule has 2 unspecified atom stereocenters. The molecule has 1 aromatic rings. The topological polar surface area (TPSA) is 33.1 Å². The van der Waals surface area contributed by atoms with Gasteiger partial charge in [-0.05, 0) is 32.2 Å². The molecule has 94 valence electrons. The number of anilines is 1. The fourth-order valence-electron chi connectivity index (χ4n) is 3.29. The fraction of sp³-hybridized carbons (Fsp3) is 0.769. The van der Waals surface area contributed by atoms with E-state index in [2.05, 4.69) is 32.9 Å². The van der Waals surface area contributed by atoms with Gasteiger partial charge in [-0.2, -0.15) is 0 Å². The van der Waals surface area contributed by atoms with Crippen molar-refractivity contribution in [1.82, 2.24) is 14.5 Å². The zero-order chi connectivity index (χ0) is 11.7. The third-order valence-electron chi connectivity index (χ3n) is 4.10. The molecule has 1 N–H and O–H groups in total. The van der Waals surface area contributed by atoms with Crippen LogP contribution in [0.4, 0.5) is 5.95 Å². The average Bonchev–Trinajstić information content (AvgIpc) is 2.99. The Balaban J connectivity index is 1.68. The molecular weight excluding hydrogens is 212 g/mol. The van der Waals surface area contributed by atoms with Crippen LogP contribution in [0.1, 0.15) is 32.6 Å². The van der Waals surface area contributed by atoms with Crippen molar-refractivity contribution in [2.45, 2.75) is 51.2 Å². The summed E-state index contributed by atoms with van der Waals surface area (Å²) in [7, 11) is 0. The largest absolute Gasteiger partial charge is 0.351 e. The van der Waals surface area contributed by atoms with E-state index in [-0.39, 0.29) is 0 Å². The third-order valence-corrected chi connectivity index (χ3v) is 4.10. The number of hydrogen-bond donors (Lipinski definition) is 1. The molecule has 0 saturated carbocycles. The highest BCUT2D eigenvalue weighted by molar-refractivity contribution is 5.29. The van der Waals surface area contributed by atoms with Gasteiger partial charge in [-0.3, -0.25) is 4.90 Å². The van der Waals surface area contributed by atoms with E-state index >= 15 is 0 Å². The summed E-state index contributed by atoms with van der Waals surface area (Å²) >= 11 is 0. The van der Waals surface area contributed by atoms with Crippen LogP contribution in [-0.4, -0.2) is 39.6 Å². The highest BCUT2D eigenvalue weighted by atomic mass is 15.3. The number of nitrogens with one attached hydrogen (secondary N) is 1. The second kappa shape index (κ2) is 4.69. The van der Waals surface area contributed by atoms with Gasteiger partial charge in [0.15, 0.2) is 0 Å². The lowest BCUT2D eigenvalue weighted by atomic mass is 10.1.